The van der Waals surface area contributed by atoms with Gasteiger partial charge in [0.25, 0.3) is 5.91 Å². The Morgan fingerprint density at radius 1 is 1.18 bits per heavy atom. The van der Waals surface area contributed by atoms with Gasteiger partial charge in [-0.3, -0.25) is 14.4 Å². The molecule has 10 heteroatoms. The minimum Gasteiger partial charge on any atom is -0.469 e. The number of amides is 2. The molecule has 0 saturated carbocycles. The summed E-state index contributed by atoms with van der Waals surface area (Å²) in [5, 5.41) is 2.89. The van der Waals surface area contributed by atoms with Gasteiger partial charge in [0.2, 0.25) is 5.91 Å². The number of hydrogen-bond acceptors (Lipinski definition) is 6. The van der Waals surface area contributed by atoms with E-state index in [2.05, 4.69) is 22.0 Å². The molecule has 2 atom stereocenters. The van der Waals surface area contributed by atoms with E-state index >= 15 is 0 Å². The number of benzene rings is 1. The van der Waals surface area contributed by atoms with Crippen LogP contribution >= 0.6 is 24.0 Å². The normalized spacial score (nSPS) is 18.9. The summed E-state index contributed by atoms with van der Waals surface area (Å²) >= 11 is 6.24. The minimum absolute atomic E-state index is 0.108. The van der Waals surface area contributed by atoms with Crippen molar-refractivity contribution in [2.75, 3.05) is 20.2 Å². The Balaban J connectivity index is 2.15. The van der Waals surface area contributed by atoms with E-state index in [9.17, 15) is 14.4 Å². The van der Waals surface area contributed by atoms with Gasteiger partial charge in [-0.15, -0.1) is 0 Å². The highest BCUT2D eigenvalue weighted by Gasteiger charge is 2.40. The van der Waals surface area contributed by atoms with Crippen molar-refractivity contribution < 1.29 is 19.1 Å². The van der Waals surface area contributed by atoms with Crippen LogP contribution in [0.15, 0.2) is 29.3 Å². The number of esters is 1. The van der Waals surface area contributed by atoms with Crippen LogP contribution in [0.25, 0.3) is 0 Å². The highest BCUT2D eigenvalue weighted by molar-refractivity contribution is 8.15. The number of unbranched alkanes of at least 4 members (excludes halogenated alkanes) is 3. The fourth-order valence-corrected chi connectivity index (χ4v) is 4.83. The van der Waals surface area contributed by atoms with Gasteiger partial charge in [0.05, 0.1) is 13.5 Å². The molecule has 2 rings (SSSR count). The summed E-state index contributed by atoms with van der Waals surface area (Å²) in [6.07, 6.45) is 4.38. The van der Waals surface area contributed by atoms with E-state index in [0.717, 1.165) is 25.7 Å². The smallest absolute Gasteiger partial charge is 0.307 e. The lowest BCUT2D eigenvalue weighted by Gasteiger charge is -2.25. The number of aliphatic imine (C=N–C) groups is 1. The van der Waals surface area contributed by atoms with Crippen LogP contribution in [0.2, 0.25) is 0 Å². The third kappa shape index (κ3) is 7.82. The number of thiocarbonyl (C=S) groups is 1. The summed E-state index contributed by atoms with van der Waals surface area (Å²) in [5.74, 6) is -0.952. The molecule has 1 aromatic carbocycles. The van der Waals surface area contributed by atoms with Crippen LogP contribution in [0.1, 0.15) is 61.9 Å². The van der Waals surface area contributed by atoms with Crippen molar-refractivity contribution in [2.24, 2.45) is 10.7 Å². The van der Waals surface area contributed by atoms with Crippen LogP contribution in [-0.4, -0.2) is 64.3 Å². The fraction of sp³-hybridized carbons (Fsp3) is 0.522. The number of carbonyl (C=O) groups is 3. The Morgan fingerprint density at radius 3 is 2.45 bits per heavy atom. The van der Waals surface area contributed by atoms with E-state index in [1.165, 1.54) is 18.9 Å². The average Bonchev–Trinajstić information content (AvgIpc) is 3.11. The van der Waals surface area contributed by atoms with Gasteiger partial charge in [-0.25, -0.2) is 0 Å². The van der Waals surface area contributed by atoms with Crippen LogP contribution in [0, 0.1) is 0 Å². The predicted molar refractivity (Wildman–Crippen MR) is 135 cm³/mol. The monoisotopic (exact) mass is 492 g/mol. The molecule has 180 valence electrons. The maximum absolute atomic E-state index is 12.8. The largest absolute Gasteiger partial charge is 0.469 e. The molecular weight excluding hydrogens is 460 g/mol. The summed E-state index contributed by atoms with van der Waals surface area (Å²) in [6, 6.07) is 6.54. The molecule has 0 bridgehead atoms. The number of ether oxygens (including phenoxy) is 1. The lowest BCUT2D eigenvalue weighted by atomic mass is 10.1. The number of hydrogen-bond donors (Lipinski definition) is 2. The molecule has 8 nitrogen and oxygen atoms in total. The molecule has 1 aliphatic heterocycles. The quantitative estimate of drug-likeness (QED) is 0.275. The highest BCUT2D eigenvalue weighted by Crippen LogP contribution is 2.32. The fourth-order valence-electron chi connectivity index (χ4n) is 3.41. The molecule has 1 heterocycles. The number of nitrogens with one attached hydrogen (secondary N) is 1. The number of rotatable bonds is 11. The molecule has 0 aliphatic carbocycles. The van der Waals surface area contributed by atoms with Crippen LogP contribution in [0.5, 0.6) is 0 Å². The molecular formula is C23H32N4O4S2. The van der Waals surface area contributed by atoms with Crippen molar-refractivity contribution in [3.63, 3.8) is 0 Å². The topological polar surface area (TPSA) is 114 Å². The number of nitrogens with zero attached hydrogens (tertiary/aromatic N) is 2. The lowest BCUT2D eigenvalue weighted by Crippen LogP contribution is -2.43. The van der Waals surface area contributed by atoms with Crippen molar-refractivity contribution in [3.8, 4) is 0 Å². The average molecular weight is 493 g/mol. The summed E-state index contributed by atoms with van der Waals surface area (Å²) in [6.45, 7) is 5.03. The van der Waals surface area contributed by atoms with Crippen molar-refractivity contribution >= 4 is 51.9 Å². The van der Waals surface area contributed by atoms with Crippen LogP contribution in [0.3, 0.4) is 0 Å². The standard InChI is InChI=1S/C23H32N4O4S2/c1-4-5-6-7-14-27-15(2)19(22(30)25-13-12-18(28)31-3)33-23(27)26-21(29)17-10-8-16(9-11-17)20(24)32/h8-11,15,19H,4-7,12-14H2,1-3H3,(H2,24,32)(H,25,30). The molecule has 1 aliphatic rings. The van der Waals surface area contributed by atoms with Gasteiger partial charge < -0.3 is 20.7 Å². The Kier molecular flexibility index (Phi) is 10.8. The van der Waals surface area contributed by atoms with E-state index in [-0.39, 0.29) is 41.8 Å². The third-order valence-electron chi connectivity index (χ3n) is 5.39. The first-order valence-electron chi connectivity index (χ1n) is 11.1. The van der Waals surface area contributed by atoms with Gasteiger partial charge in [0.15, 0.2) is 5.17 Å². The molecule has 1 aromatic rings. The van der Waals surface area contributed by atoms with Crippen molar-refractivity contribution in [1.82, 2.24) is 10.2 Å². The van der Waals surface area contributed by atoms with Gasteiger partial charge in [-0.05, 0) is 25.5 Å². The Bertz CT molecular complexity index is 889. The number of amidine groups is 1. The zero-order valence-electron chi connectivity index (χ0n) is 19.3. The summed E-state index contributed by atoms with van der Waals surface area (Å²) in [4.78, 5) is 43.6. The molecule has 33 heavy (non-hydrogen) atoms. The molecule has 0 aromatic heterocycles. The second-order valence-corrected chi connectivity index (χ2v) is 9.34. The second kappa shape index (κ2) is 13.3. The van der Waals surface area contributed by atoms with Crippen molar-refractivity contribution in [3.05, 3.63) is 35.4 Å². The molecule has 0 radical (unpaired) electrons. The van der Waals surface area contributed by atoms with Gasteiger partial charge in [0.1, 0.15) is 10.2 Å². The third-order valence-corrected chi connectivity index (χ3v) is 7.02. The van der Waals surface area contributed by atoms with Crippen molar-refractivity contribution in [1.29, 1.82) is 0 Å². The molecule has 1 fully saturated rings. The molecule has 2 amide bonds. The van der Waals surface area contributed by atoms with E-state index < -0.39 is 5.25 Å². The zero-order valence-corrected chi connectivity index (χ0v) is 21.0. The predicted octanol–water partition coefficient (Wildman–Crippen LogP) is 2.88. The maximum Gasteiger partial charge on any atom is 0.307 e. The SMILES string of the molecule is CCCCCCN1C(=NC(=O)c2ccc(C(N)=S)cc2)SC(C(=O)NCCC(=O)OC)C1C. The van der Waals surface area contributed by atoms with Gasteiger partial charge in [0, 0.05) is 30.3 Å². The van der Waals surface area contributed by atoms with E-state index in [4.69, 9.17) is 18.0 Å². The Morgan fingerprint density at radius 2 is 1.85 bits per heavy atom. The minimum atomic E-state index is -0.433. The molecule has 2 unspecified atom stereocenters. The number of thioether (sulfide) groups is 1. The highest BCUT2D eigenvalue weighted by atomic mass is 32.2. The van der Waals surface area contributed by atoms with Crippen molar-refractivity contribution in [2.45, 2.75) is 57.2 Å². The molecule has 3 N–H and O–H groups in total. The van der Waals surface area contributed by atoms with Gasteiger partial charge in [-0.1, -0.05) is 62.3 Å². The first-order valence-corrected chi connectivity index (χ1v) is 12.4. The first-order chi connectivity index (χ1) is 15.8. The summed E-state index contributed by atoms with van der Waals surface area (Å²) < 4.78 is 4.61. The lowest BCUT2D eigenvalue weighted by molar-refractivity contribution is -0.140. The van der Waals surface area contributed by atoms with E-state index in [0.29, 0.717) is 22.8 Å². The maximum atomic E-state index is 12.8. The zero-order chi connectivity index (χ0) is 24.4. The van der Waals surface area contributed by atoms with Crippen LogP contribution < -0.4 is 11.1 Å². The number of carbonyl (C=O) groups excluding carboxylic acids is 3. The Hall–Kier alpha value is -2.46. The number of nitrogens with two attached hydrogens (primary N) is 1. The van der Waals surface area contributed by atoms with Gasteiger partial charge in [-0.2, -0.15) is 4.99 Å². The summed E-state index contributed by atoms with van der Waals surface area (Å²) in [7, 11) is 1.31. The van der Waals surface area contributed by atoms with E-state index in [1.807, 2.05) is 11.8 Å². The number of methoxy groups -OCH3 is 1. The molecule has 0 spiro atoms. The van der Waals surface area contributed by atoms with Gasteiger partial charge >= 0.3 is 5.97 Å². The van der Waals surface area contributed by atoms with Crippen LogP contribution in [0.4, 0.5) is 0 Å². The van der Waals surface area contributed by atoms with E-state index in [1.54, 1.807) is 24.3 Å². The first kappa shape index (κ1) is 26.8. The second-order valence-electron chi connectivity index (χ2n) is 7.79. The van der Waals surface area contributed by atoms with Crippen LogP contribution in [-0.2, 0) is 14.3 Å². The molecule has 1 saturated heterocycles. The summed E-state index contributed by atoms with van der Waals surface area (Å²) in [5.41, 5.74) is 6.73. The Labute approximate surface area is 204 Å².